The minimum absolute atomic E-state index is 0.169. The van der Waals surface area contributed by atoms with Gasteiger partial charge in [-0.15, -0.1) is 0 Å². The van der Waals surface area contributed by atoms with Crippen molar-refractivity contribution in [2.24, 2.45) is 5.92 Å². The number of hydrogen-bond donors (Lipinski definition) is 2. The Balaban J connectivity index is 1.73. The first-order valence-corrected chi connectivity index (χ1v) is 7.55. The number of amides is 1. The van der Waals surface area contributed by atoms with Crippen molar-refractivity contribution in [3.8, 4) is 0 Å². The summed E-state index contributed by atoms with van der Waals surface area (Å²) in [4.78, 5) is 12.7. The van der Waals surface area contributed by atoms with E-state index in [0.29, 0.717) is 12.5 Å². The number of hydrogen-bond acceptors (Lipinski definition) is 2. The molecule has 6 heteroatoms. The summed E-state index contributed by atoms with van der Waals surface area (Å²) in [6, 6.07) is 4.85. The van der Waals surface area contributed by atoms with Gasteiger partial charge in [0.1, 0.15) is 5.82 Å². The van der Waals surface area contributed by atoms with E-state index in [2.05, 4.69) is 10.2 Å². The number of halogens is 2. The van der Waals surface area contributed by atoms with E-state index in [0.717, 1.165) is 44.5 Å². The van der Waals surface area contributed by atoms with E-state index >= 15 is 0 Å². The predicted octanol–water partition coefficient (Wildman–Crippen LogP) is 3.35. The van der Waals surface area contributed by atoms with Gasteiger partial charge in [-0.2, -0.15) is 0 Å². The molecule has 116 valence electrons. The number of nitrogens with zero attached hydrogens (tertiary/aromatic N) is 1. The maximum atomic E-state index is 13.1. The lowest BCUT2D eigenvalue weighted by molar-refractivity contribution is 0.168. The molecule has 0 radical (unpaired) electrons. The molecule has 2 N–H and O–H groups in total. The average Bonchev–Trinajstić information content (AvgIpc) is 2.44. The third-order valence-electron chi connectivity index (χ3n) is 3.93. The first-order chi connectivity index (χ1) is 10.0. The van der Waals surface area contributed by atoms with Crippen molar-refractivity contribution < 1.29 is 14.3 Å². The molecule has 4 nitrogen and oxygen atoms in total. The molecule has 1 amide bonds. The van der Waals surface area contributed by atoms with Crippen LogP contribution in [0.5, 0.6) is 0 Å². The predicted molar refractivity (Wildman–Crippen MR) is 80.1 cm³/mol. The summed E-state index contributed by atoms with van der Waals surface area (Å²) in [7, 11) is 0. The van der Waals surface area contributed by atoms with Crippen molar-refractivity contribution in [1.29, 1.82) is 0 Å². The van der Waals surface area contributed by atoms with E-state index in [1.807, 2.05) is 0 Å². The average molecular weight is 315 g/mol. The molecule has 1 aromatic rings. The molecule has 0 aromatic heterocycles. The van der Waals surface area contributed by atoms with Crippen LogP contribution in [0.25, 0.3) is 0 Å². The summed E-state index contributed by atoms with van der Waals surface area (Å²) >= 11 is 5.79. The highest BCUT2D eigenvalue weighted by molar-refractivity contribution is 6.30. The second-order valence-corrected chi connectivity index (χ2v) is 5.90. The zero-order valence-corrected chi connectivity index (χ0v) is 12.6. The Morgan fingerprint density at radius 3 is 2.76 bits per heavy atom. The van der Waals surface area contributed by atoms with E-state index in [1.165, 1.54) is 6.07 Å². The van der Waals surface area contributed by atoms with Gasteiger partial charge in [0.25, 0.3) is 0 Å². The smallest absolute Gasteiger partial charge is 0.404 e. The van der Waals surface area contributed by atoms with Crippen molar-refractivity contribution in [2.45, 2.75) is 25.8 Å². The molecule has 1 saturated heterocycles. The first kappa shape index (κ1) is 16.0. The molecule has 1 fully saturated rings. The fourth-order valence-electron chi connectivity index (χ4n) is 2.71. The van der Waals surface area contributed by atoms with Crippen molar-refractivity contribution >= 4 is 17.7 Å². The Morgan fingerprint density at radius 1 is 1.43 bits per heavy atom. The van der Waals surface area contributed by atoms with E-state index in [4.69, 9.17) is 16.7 Å². The lowest BCUT2D eigenvalue weighted by Crippen LogP contribution is -2.34. The van der Waals surface area contributed by atoms with Crippen molar-refractivity contribution in [3.05, 3.63) is 34.6 Å². The number of piperidine rings is 1. The molecule has 0 bridgehead atoms. The van der Waals surface area contributed by atoms with Crippen LogP contribution in [0.2, 0.25) is 5.02 Å². The van der Waals surface area contributed by atoms with Crippen LogP contribution in [0.15, 0.2) is 18.2 Å². The van der Waals surface area contributed by atoms with Crippen LogP contribution < -0.4 is 5.32 Å². The minimum atomic E-state index is -0.958. The summed E-state index contributed by atoms with van der Waals surface area (Å²) in [6.45, 7) is 3.26. The molecule has 21 heavy (non-hydrogen) atoms. The maximum Gasteiger partial charge on any atom is 0.404 e. The molecule has 0 saturated carbocycles. The molecule has 2 rings (SSSR count). The third-order valence-corrected chi connectivity index (χ3v) is 4.22. The largest absolute Gasteiger partial charge is 0.465 e. The lowest BCUT2D eigenvalue weighted by Gasteiger charge is -2.32. The number of carbonyl (C=O) groups is 1. The van der Waals surface area contributed by atoms with Crippen LogP contribution in [-0.2, 0) is 6.54 Å². The van der Waals surface area contributed by atoms with Gasteiger partial charge in [0.2, 0.25) is 0 Å². The quantitative estimate of drug-likeness (QED) is 0.876. The van der Waals surface area contributed by atoms with Gasteiger partial charge in [-0.05, 0) is 56.0 Å². The second-order valence-electron chi connectivity index (χ2n) is 5.49. The van der Waals surface area contributed by atoms with Crippen molar-refractivity contribution in [2.75, 3.05) is 19.6 Å². The summed E-state index contributed by atoms with van der Waals surface area (Å²) in [6.07, 6.45) is 2.07. The highest BCUT2D eigenvalue weighted by Crippen LogP contribution is 2.23. The molecule has 1 aliphatic rings. The zero-order chi connectivity index (χ0) is 15.2. The Labute approximate surface area is 128 Å². The number of carboxylic acid groups (broad SMARTS) is 1. The van der Waals surface area contributed by atoms with E-state index in [1.54, 1.807) is 12.1 Å². The van der Waals surface area contributed by atoms with Crippen LogP contribution in [0.4, 0.5) is 9.18 Å². The molecule has 1 heterocycles. The fourth-order valence-corrected chi connectivity index (χ4v) is 2.92. The number of benzene rings is 1. The molecule has 0 spiro atoms. The molecular weight excluding hydrogens is 295 g/mol. The Bertz CT molecular complexity index is 491. The molecule has 0 aliphatic carbocycles. The van der Waals surface area contributed by atoms with Gasteiger partial charge < -0.3 is 10.4 Å². The van der Waals surface area contributed by atoms with Gasteiger partial charge in [-0.1, -0.05) is 17.7 Å². The van der Waals surface area contributed by atoms with Gasteiger partial charge in [0.15, 0.2) is 0 Å². The number of nitrogens with one attached hydrogen (secondary N) is 1. The standard InChI is InChI=1S/C15H20ClFN2O2/c16-13-9-12(1-2-14(13)17)10-19-7-4-11(5-8-19)3-6-18-15(20)21/h1-2,9,11,18H,3-8,10H2,(H,20,21). The SMILES string of the molecule is O=C(O)NCCC1CCN(Cc2ccc(F)c(Cl)c2)CC1. The van der Waals surface area contributed by atoms with Gasteiger partial charge in [-0.25, -0.2) is 9.18 Å². The van der Waals surface area contributed by atoms with Crippen LogP contribution in [0, 0.1) is 11.7 Å². The highest BCUT2D eigenvalue weighted by Gasteiger charge is 2.19. The molecule has 0 unspecified atom stereocenters. The summed E-state index contributed by atoms with van der Waals surface area (Å²) in [5, 5.41) is 11.1. The maximum absolute atomic E-state index is 13.1. The van der Waals surface area contributed by atoms with Gasteiger partial charge in [0, 0.05) is 13.1 Å². The number of rotatable bonds is 5. The molecule has 0 atom stereocenters. The van der Waals surface area contributed by atoms with Crippen LogP contribution in [-0.4, -0.2) is 35.7 Å². The van der Waals surface area contributed by atoms with E-state index < -0.39 is 6.09 Å². The van der Waals surface area contributed by atoms with Gasteiger partial charge in [-0.3, -0.25) is 4.90 Å². The first-order valence-electron chi connectivity index (χ1n) is 7.17. The topological polar surface area (TPSA) is 52.6 Å². The van der Waals surface area contributed by atoms with Crippen LogP contribution >= 0.6 is 11.6 Å². The second kappa shape index (κ2) is 7.61. The Hall–Kier alpha value is -1.33. The third kappa shape index (κ3) is 5.17. The molecule has 1 aliphatic heterocycles. The van der Waals surface area contributed by atoms with Gasteiger partial charge in [0.05, 0.1) is 5.02 Å². The molecular formula is C15H20ClFN2O2. The van der Waals surface area contributed by atoms with Crippen LogP contribution in [0.3, 0.4) is 0 Å². The lowest BCUT2D eigenvalue weighted by atomic mass is 9.93. The van der Waals surface area contributed by atoms with Crippen LogP contribution in [0.1, 0.15) is 24.8 Å². The van der Waals surface area contributed by atoms with Gasteiger partial charge >= 0.3 is 6.09 Å². The fraction of sp³-hybridized carbons (Fsp3) is 0.533. The summed E-state index contributed by atoms with van der Waals surface area (Å²) in [5.74, 6) is 0.190. The zero-order valence-electron chi connectivity index (χ0n) is 11.8. The van der Waals surface area contributed by atoms with Crippen molar-refractivity contribution in [3.63, 3.8) is 0 Å². The Kier molecular flexibility index (Phi) is 5.82. The normalized spacial score (nSPS) is 16.9. The summed E-state index contributed by atoms with van der Waals surface area (Å²) in [5.41, 5.74) is 1.02. The van der Waals surface area contributed by atoms with E-state index in [-0.39, 0.29) is 10.8 Å². The molecule has 1 aromatic carbocycles. The minimum Gasteiger partial charge on any atom is -0.465 e. The monoisotopic (exact) mass is 314 g/mol. The Morgan fingerprint density at radius 2 is 2.14 bits per heavy atom. The van der Waals surface area contributed by atoms with E-state index in [9.17, 15) is 9.18 Å². The highest BCUT2D eigenvalue weighted by atomic mass is 35.5. The number of likely N-dealkylation sites (tertiary alicyclic amines) is 1. The summed E-state index contributed by atoms with van der Waals surface area (Å²) < 4.78 is 13.1. The van der Waals surface area contributed by atoms with Crippen molar-refractivity contribution in [1.82, 2.24) is 10.2 Å².